The molecular formula is C17H31ClN4O3S. The van der Waals surface area contributed by atoms with Crippen LogP contribution in [0.2, 0.25) is 0 Å². The molecule has 1 amide bonds. The van der Waals surface area contributed by atoms with Crippen molar-refractivity contribution in [2.45, 2.75) is 82.9 Å². The summed E-state index contributed by atoms with van der Waals surface area (Å²) in [5.41, 5.74) is 5.48. The number of rotatable bonds is 10. The molecular weight excluding hydrogens is 376 g/mol. The first-order valence-corrected chi connectivity index (χ1v) is 9.48. The van der Waals surface area contributed by atoms with Crippen molar-refractivity contribution in [3.8, 4) is 0 Å². The molecule has 0 spiro atoms. The van der Waals surface area contributed by atoms with Crippen LogP contribution >= 0.6 is 24.2 Å². The summed E-state index contributed by atoms with van der Waals surface area (Å²) in [5, 5.41) is 11.1. The third kappa shape index (κ3) is 9.54. The maximum absolute atomic E-state index is 12.7. The van der Waals surface area contributed by atoms with Crippen LogP contribution in [0, 0.1) is 5.92 Å². The minimum absolute atomic E-state index is 0. The van der Waals surface area contributed by atoms with Crippen LogP contribution in [0.25, 0.3) is 0 Å². The summed E-state index contributed by atoms with van der Waals surface area (Å²) in [5.74, 6) is -0.383. The zero-order valence-corrected chi connectivity index (χ0v) is 18.0. The van der Waals surface area contributed by atoms with Gasteiger partial charge >= 0.3 is 0 Å². The molecule has 0 aliphatic rings. The number of hydrogen-bond donors (Lipinski definition) is 2. The highest BCUT2D eigenvalue weighted by atomic mass is 35.5. The molecule has 0 aliphatic carbocycles. The van der Waals surface area contributed by atoms with Gasteiger partial charge in [0, 0.05) is 17.2 Å². The van der Waals surface area contributed by atoms with Gasteiger partial charge in [0.05, 0.1) is 6.04 Å². The molecule has 0 bridgehead atoms. The molecule has 0 radical (unpaired) electrons. The van der Waals surface area contributed by atoms with Gasteiger partial charge in [-0.1, -0.05) is 39.5 Å². The van der Waals surface area contributed by atoms with Gasteiger partial charge in [0.15, 0.2) is 0 Å². The van der Waals surface area contributed by atoms with E-state index in [1.807, 2.05) is 41.5 Å². The molecule has 1 atom stereocenters. The van der Waals surface area contributed by atoms with Crippen molar-refractivity contribution in [2.75, 3.05) is 0 Å². The topological polar surface area (TPSA) is 111 Å². The molecule has 1 rings (SSSR count). The number of thioether (sulfide) groups is 1. The highest BCUT2D eigenvalue weighted by Crippen LogP contribution is 2.22. The highest BCUT2D eigenvalue weighted by Gasteiger charge is 2.28. The zero-order valence-electron chi connectivity index (χ0n) is 16.4. The van der Waals surface area contributed by atoms with Gasteiger partial charge in [0.25, 0.3) is 11.1 Å². The van der Waals surface area contributed by atoms with Gasteiger partial charge in [0.2, 0.25) is 11.7 Å². The van der Waals surface area contributed by atoms with Crippen molar-refractivity contribution < 1.29 is 14.0 Å². The first-order valence-electron chi connectivity index (χ1n) is 8.60. The van der Waals surface area contributed by atoms with E-state index < -0.39 is 11.6 Å². The van der Waals surface area contributed by atoms with Gasteiger partial charge < -0.3 is 15.5 Å². The molecule has 0 saturated heterocycles. The summed E-state index contributed by atoms with van der Waals surface area (Å²) >= 11 is 1.39. The Hall–Kier alpha value is -1.12. The van der Waals surface area contributed by atoms with Crippen molar-refractivity contribution in [1.29, 1.82) is 0 Å². The Bertz CT molecular complexity index is 585. The predicted octanol–water partition coefficient (Wildman–Crippen LogP) is 3.22. The van der Waals surface area contributed by atoms with E-state index in [1.165, 1.54) is 11.8 Å². The standard InChI is InChI=1S/C17H30N4O3S.ClH/c1-10(2)9-12(19-13(22)7-8-17(5,6)18)14(23)15-20-21-16(24-15)25-11(3)4;/h10-12H,7-9,18H2,1-6H3,(H,19,22);1H/t12-;/m0./s1. The second-order valence-corrected chi connectivity index (χ2v) is 9.17. The molecule has 0 fully saturated rings. The number of nitrogens with one attached hydrogen (secondary N) is 1. The summed E-state index contributed by atoms with van der Waals surface area (Å²) in [6, 6.07) is -0.675. The Morgan fingerprint density at radius 2 is 1.85 bits per heavy atom. The molecule has 7 nitrogen and oxygen atoms in total. The van der Waals surface area contributed by atoms with E-state index in [4.69, 9.17) is 10.2 Å². The summed E-state index contributed by atoms with van der Waals surface area (Å²) in [6.45, 7) is 11.7. The highest BCUT2D eigenvalue weighted by molar-refractivity contribution is 7.99. The Kier molecular flexibility index (Phi) is 10.4. The number of halogens is 1. The summed E-state index contributed by atoms with van der Waals surface area (Å²) in [6.07, 6.45) is 1.31. The maximum Gasteiger partial charge on any atom is 0.286 e. The monoisotopic (exact) mass is 406 g/mol. The lowest BCUT2D eigenvalue weighted by atomic mass is 9.98. The summed E-state index contributed by atoms with van der Waals surface area (Å²) in [7, 11) is 0. The van der Waals surface area contributed by atoms with Crippen LogP contribution in [0.15, 0.2) is 9.64 Å². The van der Waals surface area contributed by atoms with Crippen molar-refractivity contribution in [1.82, 2.24) is 15.5 Å². The van der Waals surface area contributed by atoms with Crippen molar-refractivity contribution in [2.24, 2.45) is 11.7 Å². The SMILES string of the molecule is CC(C)C[C@H](NC(=O)CCC(C)(C)N)C(=O)c1nnc(SC(C)C)o1.Cl. The minimum Gasteiger partial charge on any atom is -0.408 e. The van der Waals surface area contributed by atoms with Crippen molar-refractivity contribution in [3.05, 3.63) is 5.89 Å². The van der Waals surface area contributed by atoms with E-state index in [0.29, 0.717) is 18.1 Å². The molecule has 9 heteroatoms. The first-order chi connectivity index (χ1) is 11.5. The zero-order chi connectivity index (χ0) is 19.2. The van der Waals surface area contributed by atoms with Crippen LogP contribution in [0.1, 0.15) is 71.5 Å². The number of nitrogens with zero attached hydrogens (tertiary/aromatic N) is 2. The van der Waals surface area contributed by atoms with E-state index in [9.17, 15) is 9.59 Å². The fourth-order valence-electron chi connectivity index (χ4n) is 2.11. The Labute approximate surface area is 166 Å². The minimum atomic E-state index is -0.675. The normalized spacial score (nSPS) is 12.8. The molecule has 0 saturated carbocycles. The Morgan fingerprint density at radius 3 is 2.35 bits per heavy atom. The lowest BCUT2D eigenvalue weighted by molar-refractivity contribution is -0.122. The number of carbonyl (C=O) groups excluding carboxylic acids is 2. The number of Topliss-reactive ketones (excluding diaryl/α,β-unsaturated/α-hetero) is 1. The first kappa shape index (κ1) is 24.9. The Morgan fingerprint density at radius 1 is 1.23 bits per heavy atom. The van der Waals surface area contributed by atoms with Crippen LogP contribution in [0.4, 0.5) is 0 Å². The lowest BCUT2D eigenvalue weighted by Crippen LogP contribution is -2.43. The average Bonchev–Trinajstić information content (AvgIpc) is 2.90. The maximum atomic E-state index is 12.7. The smallest absolute Gasteiger partial charge is 0.286 e. The van der Waals surface area contributed by atoms with Crippen molar-refractivity contribution >= 4 is 35.9 Å². The van der Waals surface area contributed by atoms with Gasteiger partial charge in [-0.25, -0.2) is 0 Å². The number of nitrogens with two attached hydrogens (primary N) is 1. The number of ketones is 1. The van der Waals surface area contributed by atoms with E-state index in [2.05, 4.69) is 15.5 Å². The molecule has 26 heavy (non-hydrogen) atoms. The molecule has 1 aromatic rings. The molecule has 1 aromatic heterocycles. The quantitative estimate of drug-likeness (QED) is 0.453. The van der Waals surface area contributed by atoms with Gasteiger partial charge in [0.1, 0.15) is 0 Å². The fourth-order valence-corrected chi connectivity index (χ4v) is 2.73. The molecule has 150 valence electrons. The number of hydrogen-bond acceptors (Lipinski definition) is 7. The lowest BCUT2D eigenvalue weighted by Gasteiger charge is -2.21. The van der Waals surface area contributed by atoms with E-state index >= 15 is 0 Å². The van der Waals surface area contributed by atoms with Gasteiger partial charge in [-0.2, -0.15) is 0 Å². The third-order valence-corrected chi connectivity index (χ3v) is 4.15. The van der Waals surface area contributed by atoms with Crippen LogP contribution in [0.3, 0.4) is 0 Å². The predicted molar refractivity (Wildman–Crippen MR) is 106 cm³/mol. The number of aromatic nitrogens is 2. The second kappa shape index (κ2) is 10.9. The van der Waals surface area contributed by atoms with E-state index in [-0.39, 0.29) is 47.6 Å². The molecule has 0 aliphatic heterocycles. The van der Waals surface area contributed by atoms with Gasteiger partial charge in [-0.15, -0.1) is 22.6 Å². The third-order valence-electron chi connectivity index (χ3n) is 3.31. The molecule has 0 aromatic carbocycles. The second-order valence-electron chi connectivity index (χ2n) is 7.64. The Balaban J connectivity index is 0.00000625. The molecule has 1 heterocycles. The van der Waals surface area contributed by atoms with Gasteiger partial charge in [-0.05, 0) is 32.6 Å². The average molecular weight is 407 g/mol. The number of carbonyl (C=O) groups is 2. The number of amides is 1. The summed E-state index contributed by atoms with van der Waals surface area (Å²) < 4.78 is 5.43. The van der Waals surface area contributed by atoms with Crippen molar-refractivity contribution in [3.63, 3.8) is 0 Å². The van der Waals surface area contributed by atoms with Gasteiger partial charge in [-0.3, -0.25) is 9.59 Å². The largest absolute Gasteiger partial charge is 0.408 e. The fraction of sp³-hybridized carbons (Fsp3) is 0.765. The van der Waals surface area contributed by atoms with Crippen LogP contribution in [-0.2, 0) is 4.79 Å². The molecule has 3 N–H and O–H groups in total. The van der Waals surface area contributed by atoms with E-state index in [1.54, 1.807) is 0 Å². The van der Waals surface area contributed by atoms with Crippen LogP contribution in [0.5, 0.6) is 0 Å². The summed E-state index contributed by atoms with van der Waals surface area (Å²) in [4.78, 5) is 24.8. The van der Waals surface area contributed by atoms with E-state index in [0.717, 1.165) is 0 Å². The van der Waals surface area contributed by atoms with Crippen LogP contribution < -0.4 is 11.1 Å². The van der Waals surface area contributed by atoms with Crippen LogP contribution in [-0.4, -0.2) is 38.7 Å². The molecule has 0 unspecified atom stereocenters.